The highest BCUT2D eigenvalue weighted by Gasteiger charge is 2.17. The van der Waals surface area contributed by atoms with E-state index >= 15 is 0 Å². The van der Waals surface area contributed by atoms with Crippen molar-refractivity contribution in [3.63, 3.8) is 0 Å². The third-order valence-corrected chi connectivity index (χ3v) is 5.72. The van der Waals surface area contributed by atoms with Crippen molar-refractivity contribution in [2.75, 3.05) is 32.1 Å². The van der Waals surface area contributed by atoms with Crippen LogP contribution in [0.4, 0.5) is 14.6 Å². The van der Waals surface area contributed by atoms with E-state index in [0.717, 1.165) is 6.54 Å². The van der Waals surface area contributed by atoms with Gasteiger partial charge in [-0.15, -0.1) is 0 Å². The van der Waals surface area contributed by atoms with Crippen molar-refractivity contribution in [3.8, 4) is 22.8 Å². The third-order valence-electron chi connectivity index (χ3n) is 5.72. The van der Waals surface area contributed by atoms with Gasteiger partial charge in [0.25, 0.3) is 12.0 Å². The van der Waals surface area contributed by atoms with Crippen LogP contribution in [0.3, 0.4) is 0 Å². The van der Waals surface area contributed by atoms with Crippen LogP contribution in [0, 0.1) is 0 Å². The maximum atomic E-state index is 12.9. The number of nitrogens with zero attached hydrogens (tertiary/aromatic N) is 4. The highest BCUT2D eigenvalue weighted by Crippen LogP contribution is 2.33. The lowest BCUT2D eigenvalue weighted by molar-refractivity contribution is 0.140. The van der Waals surface area contributed by atoms with E-state index in [-0.39, 0.29) is 16.8 Å². The fourth-order valence-corrected chi connectivity index (χ4v) is 3.99. The molecule has 0 saturated carbocycles. The molecule has 1 N–H and O–H groups in total. The van der Waals surface area contributed by atoms with Gasteiger partial charge in [-0.1, -0.05) is 0 Å². The van der Waals surface area contributed by atoms with Crippen LogP contribution in [0.15, 0.2) is 35.4 Å². The highest BCUT2D eigenvalue weighted by molar-refractivity contribution is 5.91. The number of halogens is 2. The van der Waals surface area contributed by atoms with Crippen molar-refractivity contribution in [2.24, 2.45) is 7.05 Å². The minimum atomic E-state index is -2.60. The van der Waals surface area contributed by atoms with Gasteiger partial charge in [0.15, 0.2) is 11.5 Å². The molecule has 0 fully saturated rings. The quantitative estimate of drug-likeness (QED) is 0.433. The monoisotopic (exact) mass is 489 g/mol. The third kappa shape index (κ3) is 6.25. The lowest BCUT2D eigenvalue weighted by Gasteiger charge is -2.30. The first-order valence-corrected chi connectivity index (χ1v) is 11.6. The zero-order chi connectivity index (χ0) is 25.7. The molecule has 10 heteroatoms. The molecule has 35 heavy (non-hydrogen) atoms. The minimum Gasteiger partial charge on any atom is -0.493 e. The number of benzene rings is 1. The second-order valence-corrected chi connectivity index (χ2v) is 8.82. The molecule has 1 aromatic carbocycles. The number of aromatic nitrogens is 3. The molecule has 0 unspecified atom stereocenters. The lowest BCUT2D eigenvalue weighted by atomic mass is 10.1. The molecular formula is C25H33F2N5O3. The van der Waals surface area contributed by atoms with Crippen LogP contribution >= 0.6 is 0 Å². The normalized spacial score (nSPS) is 11.8. The first-order chi connectivity index (χ1) is 16.6. The number of fused-ring (bicyclic) bond motifs is 1. The van der Waals surface area contributed by atoms with Crippen molar-refractivity contribution in [3.05, 3.63) is 40.9 Å². The summed E-state index contributed by atoms with van der Waals surface area (Å²) in [5.41, 5.74) is 1.12. The molecule has 0 bridgehead atoms. The van der Waals surface area contributed by atoms with Gasteiger partial charge < -0.3 is 19.4 Å². The molecule has 0 aliphatic carbocycles. The number of pyridine rings is 1. The number of aryl methyl sites for hydroxylation is 1. The summed E-state index contributed by atoms with van der Waals surface area (Å²) in [5.74, 6) is 1.17. The van der Waals surface area contributed by atoms with E-state index in [1.54, 1.807) is 32.4 Å². The Morgan fingerprint density at radius 2 is 1.83 bits per heavy atom. The summed E-state index contributed by atoms with van der Waals surface area (Å²) in [7, 11) is 3.10. The summed E-state index contributed by atoms with van der Waals surface area (Å²) in [4.78, 5) is 23.7. The van der Waals surface area contributed by atoms with Gasteiger partial charge in [0.2, 0.25) is 0 Å². The summed E-state index contributed by atoms with van der Waals surface area (Å²) < 4.78 is 38.6. The molecule has 0 atom stereocenters. The van der Waals surface area contributed by atoms with Crippen LogP contribution in [0.25, 0.3) is 22.2 Å². The van der Waals surface area contributed by atoms with Gasteiger partial charge in [-0.2, -0.15) is 0 Å². The van der Waals surface area contributed by atoms with Gasteiger partial charge in [-0.3, -0.25) is 9.69 Å². The van der Waals surface area contributed by atoms with E-state index in [1.807, 2.05) is 6.07 Å². The van der Waals surface area contributed by atoms with Crippen molar-refractivity contribution in [2.45, 2.75) is 46.2 Å². The number of hydrogen-bond acceptors (Lipinski definition) is 7. The summed E-state index contributed by atoms with van der Waals surface area (Å²) in [6.45, 7) is 9.25. The number of anilines is 1. The van der Waals surface area contributed by atoms with Gasteiger partial charge in [-0.05, 0) is 52.0 Å². The second kappa shape index (κ2) is 11.4. The summed E-state index contributed by atoms with van der Waals surface area (Å²) >= 11 is 0. The molecule has 2 aromatic heterocycles. The van der Waals surface area contributed by atoms with Gasteiger partial charge in [0, 0.05) is 31.2 Å². The second-order valence-electron chi connectivity index (χ2n) is 8.82. The average Bonchev–Trinajstić information content (AvgIpc) is 2.81. The number of alkyl halides is 2. The molecule has 3 aromatic rings. The Balaban J connectivity index is 1.93. The summed E-state index contributed by atoms with van der Waals surface area (Å²) in [6, 6.07) is 7.83. The molecule has 3 rings (SSSR count). The first kappa shape index (κ1) is 26.3. The van der Waals surface area contributed by atoms with E-state index < -0.39 is 13.0 Å². The predicted octanol–water partition coefficient (Wildman–Crippen LogP) is 4.18. The van der Waals surface area contributed by atoms with Gasteiger partial charge in [-0.25, -0.2) is 18.7 Å². The van der Waals surface area contributed by atoms with Crippen molar-refractivity contribution in [1.82, 2.24) is 19.4 Å². The smallest absolute Gasteiger partial charge is 0.264 e. The van der Waals surface area contributed by atoms with Crippen LogP contribution in [0.5, 0.6) is 11.5 Å². The number of nitrogens with one attached hydrogen (secondary N) is 1. The Hall–Kier alpha value is -3.27. The molecule has 0 aliphatic heterocycles. The number of hydrogen-bond donors (Lipinski definition) is 1. The molecule has 0 aliphatic rings. The van der Waals surface area contributed by atoms with E-state index in [1.165, 1.54) is 10.9 Å². The molecule has 0 amide bonds. The standard InChI is InChI=1S/C25H33F2N5O3/c1-15(2)32(16(3)4)9-10-35-20-8-7-17(11-21(20)34-6)18-12-19-23(25(33)31(5)14-29-19)24(30-18)28-13-22(26)27/h7-8,11-12,14-16,22H,9-10,13H2,1-6H3,(H,28,30). The lowest BCUT2D eigenvalue weighted by Crippen LogP contribution is -2.39. The Kier molecular flexibility index (Phi) is 8.61. The zero-order valence-corrected chi connectivity index (χ0v) is 21.0. The Morgan fingerprint density at radius 1 is 1.11 bits per heavy atom. The molecule has 190 valence electrons. The van der Waals surface area contributed by atoms with E-state index in [9.17, 15) is 13.6 Å². The van der Waals surface area contributed by atoms with E-state index in [4.69, 9.17) is 9.47 Å². The molecule has 0 radical (unpaired) electrons. The van der Waals surface area contributed by atoms with Crippen LogP contribution in [-0.2, 0) is 7.05 Å². The fourth-order valence-electron chi connectivity index (χ4n) is 3.99. The fraction of sp³-hybridized carbons (Fsp3) is 0.480. The van der Waals surface area contributed by atoms with Gasteiger partial charge in [0.1, 0.15) is 17.8 Å². The maximum absolute atomic E-state index is 12.9. The molecule has 0 spiro atoms. The SMILES string of the molecule is COc1cc(-c2cc3ncn(C)c(=O)c3c(NCC(F)F)n2)ccc1OCCN(C(C)C)C(C)C. The molecule has 8 nitrogen and oxygen atoms in total. The average molecular weight is 490 g/mol. The Labute approximate surface area is 203 Å². The van der Waals surface area contributed by atoms with Crippen molar-refractivity contribution < 1.29 is 18.3 Å². The zero-order valence-electron chi connectivity index (χ0n) is 21.0. The minimum absolute atomic E-state index is 0.0632. The largest absolute Gasteiger partial charge is 0.493 e. The molecular weight excluding hydrogens is 456 g/mol. The van der Waals surface area contributed by atoms with Crippen molar-refractivity contribution >= 4 is 16.7 Å². The van der Waals surface area contributed by atoms with E-state index in [2.05, 4.69) is 47.9 Å². The molecule has 2 heterocycles. The van der Waals surface area contributed by atoms with Crippen LogP contribution in [-0.4, -0.2) is 64.8 Å². The van der Waals surface area contributed by atoms with Crippen LogP contribution in [0.2, 0.25) is 0 Å². The number of ether oxygens (including phenoxy) is 2. The maximum Gasteiger partial charge on any atom is 0.264 e. The summed E-state index contributed by atoms with van der Waals surface area (Å²) in [5, 5.41) is 2.75. The highest BCUT2D eigenvalue weighted by atomic mass is 19.3. The van der Waals surface area contributed by atoms with Gasteiger partial charge in [0.05, 0.1) is 31.2 Å². The number of methoxy groups -OCH3 is 1. The molecule has 0 saturated heterocycles. The Bertz CT molecular complexity index is 1210. The van der Waals surface area contributed by atoms with Gasteiger partial charge >= 0.3 is 0 Å². The van der Waals surface area contributed by atoms with E-state index in [0.29, 0.717) is 47.0 Å². The first-order valence-electron chi connectivity index (χ1n) is 11.6. The topological polar surface area (TPSA) is 81.5 Å². The number of rotatable bonds is 11. The van der Waals surface area contributed by atoms with Crippen LogP contribution in [0.1, 0.15) is 27.7 Å². The predicted molar refractivity (Wildman–Crippen MR) is 134 cm³/mol. The summed E-state index contributed by atoms with van der Waals surface area (Å²) in [6.07, 6.45) is -1.21. The Morgan fingerprint density at radius 3 is 2.46 bits per heavy atom. The van der Waals surface area contributed by atoms with Crippen molar-refractivity contribution in [1.29, 1.82) is 0 Å². The van der Waals surface area contributed by atoms with Crippen LogP contribution < -0.4 is 20.3 Å².